The molecule has 1 aromatic heterocycles. The van der Waals surface area contributed by atoms with Crippen LogP contribution in [0.15, 0.2) is 14.9 Å². The maximum atomic E-state index is 6.67. The van der Waals surface area contributed by atoms with E-state index in [1.165, 1.54) is 0 Å². The molecule has 0 atom stereocenters. The molecular weight excluding hydrogens is 385 g/mol. The molecule has 6 heteroatoms. The first kappa shape index (κ1) is 21.8. The Morgan fingerprint density at radius 3 is 1.17 bits per heavy atom. The molecule has 1 aromatic rings. The predicted molar refractivity (Wildman–Crippen MR) is 111 cm³/mol. The lowest BCUT2D eigenvalue weighted by molar-refractivity contribution is 0.785. The zero-order valence-electron chi connectivity index (χ0n) is 15.4. The monoisotopic (exact) mass is 411 g/mol. The van der Waals surface area contributed by atoms with Crippen molar-refractivity contribution in [3.63, 3.8) is 0 Å². The minimum absolute atomic E-state index is 0.0297. The summed E-state index contributed by atoms with van der Waals surface area (Å²) >= 11 is 18.4. The number of thioether (sulfide) groups is 3. The highest BCUT2D eigenvalue weighted by Gasteiger charge is 2.27. The summed E-state index contributed by atoms with van der Waals surface area (Å²) in [5.41, 5.74) is 0. The maximum Gasteiger partial charge on any atom is 0.118 e. The number of rotatable bonds is 3. The lowest BCUT2D eigenvalue weighted by Crippen LogP contribution is -2.12. The maximum absolute atomic E-state index is 6.67. The van der Waals surface area contributed by atoms with Crippen molar-refractivity contribution >= 4 is 58.5 Å². The Balaban J connectivity index is 3.47. The highest BCUT2D eigenvalue weighted by molar-refractivity contribution is 8.02. The molecule has 0 spiro atoms. The topological polar surface area (TPSA) is 12.9 Å². The molecule has 1 heterocycles. The molecule has 1 rings (SSSR count). The van der Waals surface area contributed by atoms with Crippen molar-refractivity contribution < 1.29 is 0 Å². The highest BCUT2D eigenvalue weighted by atomic mass is 35.5. The molecule has 0 radical (unpaired) electrons. The van der Waals surface area contributed by atoms with Crippen LogP contribution >= 0.6 is 58.5 Å². The quantitative estimate of drug-likeness (QED) is 0.465. The average molecular weight is 413 g/mol. The molecule has 0 fully saturated rings. The normalized spacial score (nSPS) is 13.5. The highest BCUT2D eigenvalue weighted by Crippen LogP contribution is 2.50. The van der Waals surface area contributed by atoms with Crippen LogP contribution in [0.1, 0.15) is 62.3 Å². The summed E-state index contributed by atoms with van der Waals surface area (Å²) in [6, 6.07) is 0. The van der Waals surface area contributed by atoms with Gasteiger partial charge in [-0.2, -0.15) is 0 Å². The second-order valence-electron chi connectivity index (χ2n) is 8.32. The molecule has 0 saturated heterocycles. The van der Waals surface area contributed by atoms with Crippen molar-refractivity contribution in [2.24, 2.45) is 0 Å². The first-order valence-corrected chi connectivity index (χ1v) is 10.8. The van der Waals surface area contributed by atoms with Crippen molar-refractivity contribution in [1.82, 2.24) is 4.98 Å². The van der Waals surface area contributed by atoms with E-state index in [0.29, 0.717) is 10.0 Å². The molecule has 132 valence electrons. The van der Waals surface area contributed by atoms with Gasteiger partial charge in [-0.3, -0.25) is 0 Å². The van der Waals surface area contributed by atoms with Crippen LogP contribution in [0.2, 0.25) is 10.0 Å². The summed E-state index contributed by atoms with van der Waals surface area (Å²) in [5.74, 6) is 0. The fourth-order valence-electron chi connectivity index (χ4n) is 1.59. The molecule has 0 aliphatic rings. The molecule has 0 aromatic carbocycles. The zero-order chi connectivity index (χ0) is 18.2. The smallest absolute Gasteiger partial charge is 0.118 e. The lowest BCUT2D eigenvalue weighted by atomic mass is 10.3. The molecule has 1 nitrogen and oxygen atoms in total. The summed E-state index contributed by atoms with van der Waals surface area (Å²) < 4.78 is 0.109. The summed E-state index contributed by atoms with van der Waals surface area (Å²) in [6.07, 6.45) is 0. The minimum atomic E-state index is 0.0297. The Kier molecular flexibility index (Phi) is 7.18. The molecule has 0 aliphatic carbocycles. The minimum Gasteiger partial charge on any atom is -0.232 e. The van der Waals surface area contributed by atoms with Gasteiger partial charge in [0.25, 0.3) is 0 Å². The predicted octanol–water partition coefficient (Wildman–Crippen LogP) is 8.06. The van der Waals surface area contributed by atoms with E-state index in [0.717, 1.165) is 14.9 Å². The lowest BCUT2D eigenvalue weighted by Gasteiger charge is -2.25. The third-order valence-corrected chi connectivity index (χ3v) is 6.80. The summed E-state index contributed by atoms with van der Waals surface area (Å²) in [6.45, 7) is 19.5. The van der Waals surface area contributed by atoms with Gasteiger partial charge in [-0.1, -0.05) is 109 Å². The first-order valence-electron chi connectivity index (χ1n) is 7.55. The molecule has 0 aliphatic heterocycles. The van der Waals surface area contributed by atoms with Crippen LogP contribution in [0.3, 0.4) is 0 Å². The number of hydrogen-bond acceptors (Lipinski definition) is 4. The van der Waals surface area contributed by atoms with Crippen molar-refractivity contribution in [2.45, 2.75) is 91.5 Å². The number of aromatic nitrogens is 1. The van der Waals surface area contributed by atoms with Gasteiger partial charge in [0.2, 0.25) is 0 Å². The number of halogens is 2. The molecule has 23 heavy (non-hydrogen) atoms. The second-order valence-corrected chi connectivity index (χ2v) is 14.5. The van der Waals surface area contributed by atoms with Gasteiger partial charge in [0.15, 0.2) is 0 Å². The van der Waals surface area contributed by atoms with Gasteiger partial charge in [-0.05, 0) is 0 Å². The number of pyridine rings is 1. The summed E-state index contributed by atoms with van der Waals surface area (Å²) in [5, 5.41) is 3.07. The van der Waals surface area contributed by atoms with E-state index in [1.807, 2.05) is 0 Å². The Bertz CT molecular complexity index is 527. The SMILES string of the molecule is CC(C)(C)Sc1nc(SC(C)(C)C)c(Cl)c(SC(C)(C)C)c1Cl. The van der Waals surface area contributed by atoms with Crippen molar-refractivity contribution in [2.75, 3.05) is 0 Å². The van der Waals surface area contributed by atoms with E-state index < -0.39 is 0 Å². The Labute approximate surface area is 164 Å². The third kappa shape index (κ3) is 7.68. The van der Waals surface area contributed by atoms with Crippen molar-refractivity contribution in [3.8, 4) is 0 Å². The van der Waals surface area contributed by atoms with Crippen LogP contribution in [0, 0.1) is 0 Å². The van der Waals surface area contributed by atoms with Crippen molar-refractivity contribution in [1.29, 1.82) is 0 Å². The first-order chi connectivity index (χ1) is 10.1. The molecular formula is C17H27Cl2NS3. The van der Waals surface area contributed by atoms with Gasteiger partial charge in [0, 0.05) is 14.2 Å². The van der Waals surface area contributed by atoms with Crippen molar-refractivity contribution in [3.05, 3.63) is 10.0 Å². The van der Waals surface area contributed by atoms with E-state index >= 15 is 0 Å². The third-order valence-electron chi connectivity index (χ3n) is 2.19. The van der Waals surface area contributed by atoms with Crippen LogP contribution < -0.4 is 0 Å². The van der Waals surface area contributed by atoms with E-state index in [-0.39, 0.29) is 14.2 Å². The number of hydrogen-bond donors (Lipinski definition) is 0. The number of nitrogens with zero attached hydrogens (tertiary/aromatic N) is 1. The zero-order valence-corrected chi connectivity index (χ0v) is 19.4. The van der Waals surface area contributed by atoms with Gasteiger partial charge in [-0.25, -0.2) is 4.98 Å². The molecule has 0 bridgehead atoms. The van der Waals surface area contributed by atoms with Crippen LogP contribution in [-0.4, -0.2) is 19.2 Å². The molecule has 0 N–H and O–H groups in total. The Morgan fingerprint density at radius 1 is 0.609 bits per heavy atom. The Hall–Kier alpha value is 0.780. The Morgan fingerprint density at radius 2 is 0.913 bits per heavy atom. The summed E-state index contributed by atoms with van der Waals surface area (Å²) in [4.78, 5) is 5.72. The van der Waals surface area contributed by atoms with Gasteiger partial charge >= 0.3 is 0 Å². The van der Waals surface area contributed by atoms with Gasteiger partial charge in [0.05, 0.1) is 14.9 Å². The van der Waals surface area contributed by atoms with Gasteiger partial charge < -0.3 is 0 Å². The van der Waals surface area contributed by atoms with E-state index in [9.17, 15) is 0 Å². The van der Waals surface area contributed by atoms with E-state index in [2.05, 4.69) is 62.3 Å². The average Bonchev–Trinajstić information content (AvgIpc) is 2.26. The van der Waals surface area contributed by atoms with Gasteiger partial charge in [-0.15, -0.1) is 11.8 Å². The second kappa shape index (κ2) is 7.57. The molecule has 0 amide bonds. The van der Waals surface area contributed by atoms with Crippen LogP contribution in [0.25, 0.3) is 0 Å². The molecule has 0 unspecified atom stereocenters. The standard InChI is InChI=1S/C17H27Cl2NS3/c1-15(2,3)21-12-10(18)13(22-16(4,5)6)20-14(11(12)19)23-17(7,8)9/h1-9H3. The summed E-state index contributed by atoms with van der Waals surface area (Å²) in [7, 11) is 0. The fourth-order valence-corrected chi connectivity index (χ4v) is 5.37. The van der Waals surface area contributed by atoms with Crippen LogP contribution in [-0.2, 0) is 0 Å². The molecule has 0 saturated carbocycles. The largest absolute Gasteiger partial charge is 0.232 e. The fraction of sp³-hybridized carbons (Fsp3) is 0.706. The van der Waals surface area contributed by atoms with Crippen LogP contribution in [0.5, 0.6) is 0 Å². The van der Waals surface area contributed by atoms with E-state index in [4.69, 9.17) is 28.2 Å². The van der Waals surface area contributed by atoms with Crippen LogP contribution in [0.4, 0.5) is 0 Å². The van der Waals surface area contributed by atoms with Gasteiger partial charge in [0.1, 0.15) is 10.1 Å². The van der Waals surface area contributed by atoms with E-state index in [1.54, 1.807) is 35.3 Å².